The maximum Gasteiger partial charge on any atom is 0.416 e. The lowest BCUT2D eigenvalue weighted by atomic mass is 10.1. The lowest BCUT2D eigenvalue weighted by Gasteiger charge is -2.17. The number of rotatable bonds is 3. The Morgan fingerprint density at radius 2 is 2.04 bits per heavy atom. The van der Waals surface area contributed by atoms with E-state index < -0.39 is 11.7 Å². The van der Waals surface area contributed by atoms with E-state index in [4.69, 9.17) is 4.98 Å². The van der Waals surface area contributed by atoms with Crippen molar-refractivity contribution in [1.82, 2.24) is 19.4 Å². The summed E-state index contributed by atoms with van der Waals surface area (Å²) in [6, 6.07) is 9.40. The zero-order valence-corrected chi connectivity index (χ0v) is 14.4. The van der Waals surface area contributed by atoms with E-state index in [1.54, 1.807) is 12.3 Å². The third kappa shape index (κ3) is 3.19. The first kappa shape index (κ1) is 17.0. The average molecular weight is 360 g/mol. The number of imidazole rings is 1. The molecule has 0 saturated carbocycles. The Morgan fingerprint density at radius 1 is 1.19 bits per heavy atom. The smallest absolute Gasteiger partial charge is 0.316 e. The van der Waals surface area contributed by atoms with E-state index in [1.807, 2.05) is 23.7 Å². The molecule has 0 amide bonds. The first-order valence-corrected chi connectivity index (χ1v) is 8.57. The molecule has 1 aromatic carbocycles. The molecule has 26 heavy (non-hydrogen) atoms. The molecule has 0 spiro atoms. The summed E-state index contributed by atoms with van der Waals surface area (Å²) in [5.41, 5.74) is 1.83. The zero-order chi connectivity index (χ0) is 18.3. The molecule has 2 aromatic heterocycles. The normalized spacial score (nSPS) is 18.7. The number of fused-ring (bicyclic) bond motifs is 1. The van der Waals surface area contributed by atoms with Crippen LogP contribution in [0.3, 0.4) is 0 Å². The summed E-state index contributed by atoms with van der Waals surface area (Å²) in [4.78, 5) is 11.3. The van der Waals surface area contributed by atoms with Gasteiger partial charge in [0.25, 0.3) is 0 Å². The van der Waals surface area contributed by atoms with Gasteiger partial charge in [-0.1, -0.05) is 18.2 Å². The number of nitrogens with zero attached hydrogens (tertiary/aromatic N) is 4. The zero-order valence-electron chi connectivity index (χ0n) is 14.4. The van der Waals surface area contributed by atoms with Gasteiger partial charge in [-0.25, -0.2) is 9.97 Å². The van der Waals surface area contributed by atoms with Crippen molar-refractivity contribution < 1.29 is 13.2 Å². The average Bonchev–Trinajstić information content (AvgIpc) is 3.19. The van der Waals surface area contributed by atoms with Gasteiger partial charge < -0.3 is 4.57 Å². The highest BCUT2D eigenvalue weighted by atomic mass is 19.4. The molecule has 0 radical (unpaired) electrons. The second-order valence-corrected chi connectivity index (χ2v) is 6.79. The molecule has 0 aliphatic carbocycles. The van der Waals surface area contributed by atoms with Crippen LogP contribution in [0.1, 0.15) is 29.3 Å². The number of pyridine rings is 1. The minimum absolute atomic E-state index is 0.264. The molecule has 136 valence electrons. The van der Waals surface area contributed by atoms with Crippen molar-refractivity contribution >= 4 is 11.2 Å². The lowest BCUT2D eigenvalue weighted by molar-refractivity contribution is -0.137. The number of hydrogen-bond acceptors (Lipinski definition) is 3. The van der Waals surface area contributed by atoms with Gasteiger partial charge in [0, 0.05) is 32.3 Å². The summed E-state index contributed by atoms with van der Waals surface area (Å²) in [6.07, 6.45) is -1.61. The predicted molar refractivity (Wildman–Crippen MR) is 92.6 cm³/mol. The van der Waals surface area contributed by atoms with E-state index in [2.05, 4.69) is 9.88 Å². The molecular formula is C19H19F3N4. The van der Waals surface area contributed by atoms with Crippen LogP contribution in [-0.4, -0.2) is 32.5 Å². The lowest BCUT2D eigenvalue weighted by Crippen LogP contribution is -2.20. The van der Waals surface area contributed by atoms with E-state index in [1.165, 1.54) is 12.1 Å². The summed E-state index contributed by atoms with van der Waals surface area (Å²) in [6.45, 7) is 2.15. The van der Waals surface area contributed by atoms with E-state index in [0.29, 0.717) is 12.1 Å². The van der Waals surface area contributed by atoms with Gasteiger partial charge in [0.1, 0.15) is 11.3 Å². The molecule has 0 bridgehead atoms. The number of halogens is 3. The first-order chi connectivity index (χ1) is 12.4. The van der Waals surface area contributed by atoms with Gasteiger partial charge >= 0.3 is 6.18 Å². The molecular weight excluding hydrogens is 341 g/mol. The van der Waals surface area contributed by atoms with Crippen molar-refractivity contribution in [3.8, 4) is 0 Å². The van der Waals surface area contributed by atoms with Crippen LogP contribution in [0.15, 0.2) is 42.6 Å². The van der Waals surface area contributed by atoms with Gasteiger partial charge in [-0.3, -0.25) is 4.90 Å². The molecule has 0 unspecified atom stereocenters. The summed E-state index contributed by atoms with van der Waals surface area (Å²) < 4.78 is 40.7. The Labute approximate surface area is 149 Å². The maximum atomic E-state index is 12.9. The Morgan fingerprint density at radius 3 is 2.81 bits per heavy atom. The Bertz CT molecular complexity index is 932. The monoisotopic (exact) mass is 360 g/mol. The van der Waals surface area contributed by atoms with Crippen LogP contribution in [0, 0.1) is 0 Å². The van der Waals surface area contributed by atoms with Crippen molar-refractivity contribution in [2.75, 3.05) is 13.1 Å². The standard InChI is InChI=1S/C19H19F3N4/c1-25-17(24-16-6-3-8-23-18(16)25)14-7-9-26(12-14)11-13-4-2-5-15(10-13)19(20,21)22/h2-6,8,10,14H,7,9,11-12H2,1H3/t14-/m0/s1. The van der Waals surface area contributed by atoms with Crippen LogP contribution >= 0.6 is 0 Å². The van der Waals surface area contributed by atoms with Crippen LogP contribution < -0.4 is 0 Å². The molecule has 1 fully saturated rings. The van der Waals surface area contributed by atoms with Crippen LogP contribution in [0.4, 0.5) is 13.2 Å². The quantitative estimate of drug-likeness (QED) is 0.709. The molecule has 3 aromatic rings. The van der Waals surface area contributed by atoms with Crippen molar-refractivity contribution in [2.45, 2.75) is 25.1 Å². The van der Waals surface area contributed by atoms with Crippen LogP contribution in [-0.2, 0) is 19.8 Å². The van der Waals surface area contributed by atoms with Crippen LogP contribution in [0.25, 0.3) is 11.2 Å². The molecule has 0 N–H and O–H groups in total. The van der Waals surface area contributed by atoms with Crippen LogP contribution in [0.2, 0.25) is 0 Å². The second kappa shape index (κ2) is 6.39. The molecule has 4 rings (SSSR count). The van der Waals surface area contributed by atoms with Crippen molar-refractivity contribution in [2.24, 2.45) is 7.05 Å². The number of hydrogen-bond donors (Lipinski definition) is 0. The SMILES string of the molecule is Cn1c([C@H]2CCN(Cc3cccc(C(F)(F)F)c3)C2)nc2cccnc21. The molecule has 4 nitrogen and oxygen atoms in total. The Kier molecular flexibility index (Phi) is 4.19. The van der Waals surface area contributed by atoms with Crippen molar-refractivity contribution in [3.05, 3.63) is 59.5 Å². The summed E-state index contributed by atoms with van der Waals surface area (Å²) in [7, 11) is 1.97. The second-order valence-electron chi connectivity index (χ2n) is 6.79. The van der Waals surface area contributed by atoms with Gasteiger partial charge in [-0.05, 0) is 36.7 Å². The Hall–Kier alpha value is -2.41. The number of aryl methyl sites for hydroxylation is 1. The molecule has 3 heterocycles. The van der Waals surface area contributed by atoms with Gasteiger partial charge in [0.05, 0.1) is 5.56 Å². The maximum absolute atomic E-state index is 12.9. The predicted octanol–water partition coefficient (Wildman–Crippen LogP) is 3.98. The topological polar surface area (TPSA) is 34.0 Å². The molecule has 1 aliphatic heterocycles. The third-order valence-electron chi connectivity index (χ3n) is 4.96. The fourth-order valence-corrected chi connectivity index (χ4v) is 3.70. The van der Waals surface area contributed by atoms with E-state index in [0.717, 1.165) is 42.6 Å². The van der Waals surface area contributed by atoms with Gasteiger partial charge in [-0.2, -0.15) is 13.2 Å². The van der Waals surface area contributed by atoms with Crippen molar-refractivity contribution in [1.29, 1.82) is 0 Å². The molecule has 1 saturated heterocycles. The fourth-order valence-electron chi connectivity index (χ4n) is 3.70. The summed E-state index contributed by atoms with van der Waals surface area (Å²) >= 11 is 0. The summed E-state index contributed by atoms with van der Waals surface area (Å²) in [5, 5.41) is 0. The fraction of sp³-hybridized carbons (Fsp3) is 0.368. The highest BCUT2D eigenvalue weighted by Crippen LogP contribution is 2.32. The largest absolute Gasteiger partial charge is 0.416 e. The van der Waals surface area contributed by atoms with E-state index in [-0.39, 0.29) is 5.92 Å². The molecule has 7 heteroatoms. The number of likely N-dealkylation sites (tertiary alicyclic amines) is 1. The minimum Gasteiger partial charge on any atom is -0.316 e. The van der Waals surface area contributed by atoms with Crippen LogP contribution in [0.5, 0.6) is 0 Å². The van der Waals surface area contributed by atoms with E-state index >= 15 is 0 Å². The highest BCUT2D eigenvalue weighted by molar-refractivity contribution is 5.71. The number of alkyl halides is 3. The van der Waals surface area contributed by atoms with Gasteiger partial charge in [0.2, 0.25) is 0 Å². The molecule has 1 atom stereocenters. The van der Waals surface area contributed by atoms with Gasteiger partial charge in [0.15, 0.2) is 5.65 Å². The number of aromatic nitrogens is 3. The summed E-state index contributed by atoms with van der Waals surface area (Å²) in [5.74, 6) is 1.25. The Balaban J connectivity index is 1.49. The molecule has 1 aliphatic rings. The third-order valence-corrected chi connectivity index (χ3v) is 4.96. The minimum atomic E-state index is -4.30. The van der Waals surface area contributed by atoms with Crippen molar-refractivity contribution in [3.63, 3.8) is 0 Å². The highest BCUT2D eigenvalue weighted by Gasteiger charge is 2.31. The number of benzene rings is 1. The first-order valence-electron chi connectivity index (χ1n) is 8.57. The van der Waals surface area contributed by atoms with Gasteiger partial charge in [-0.15, -0.1) is 0 Å². The van der Waals surface area contributed by atoms with E-state index in [9.17, 15) is 13.2 Å².